The third kappa shape index (κ3) is 5.07. The molecule has 0 aliphatic rings. The van der Waals surface area contributed by atoms with E-state index in [0.29, 0.717) is 33.8 Å². The zero-order chi connectivity index (χ0) is 21.0. The van der Waals surface area contributed by atoms with Gasteiger partial charge in [-0.05, 0) is 17.7 Å². The summed E-state index contributed by atoms with van der Waals surface area (Å²) in [6, 6.07) is 14.4. The number of hydrogen-bond acceptors (Lipinski definition) is 4. The maximum absolute atomic E-state index is 12.0. The van der Waals surface area contributed by atoms with Gasteiger partial charge < -0.3 is 20.7 Å². The average molecular weight is 433 g/mol. The zero-order valence-corrected chi connectivity index (χ0v) is 16.7. The van der Waals surface area contributed by atoms with E-state index in [1.807, 2.05) is 30.3 Å². The Morgan fingerprint density at radius 3 is 2.45 bits per heavy atom. The van der Waals surface area contributed by atoms with Crippen molar-refractivity contribution in [2.45, 2.75) is 13.0 Å². The maximum Gasteiger partial charge on any atom is 0.305 e. The smallest absolute Gasteiger partial charge is 0.305 e. The highest BCUT2D eigenvalue weighted by atomic mass is 35.5. The van der Waals surface area contributed by atoms with E-state index in [0.717, 1.165) is 5.56 Å². The van der Waals surface area contributed by atoms with Crippen molar-refractivity contribution in [2.75, 3.05) is 11.4 Å². The highest BCUT2D eigenvalue weighted by molar-refractivity contribution is 6.42. The van der Waals surface area contributed by atoms with Gasteiger partial charge in [0.25, 0.3) is 5.91 Å². The number of primary amides is 1. The van der Waals surface area contributed by atoms with Crippen molar-refractivity contribution in [3.63, 3.8) is 0 Å². The lowest BCUT2D eigenvalue weighted by molar-refractivity contribution is -0.136. The Morgan fingerprint density at radius 2 is 1.83 bits per heavy atom. The highest BCUT2D eigenvalue weighted by Crippen LogP contribution is 2.31. The molecule has 1 heterocycles. The van der Waals surface area contributed by atoms with E-state index < -0.39 is 11.9 Å². The summed E-state index contributed by atoms with van der Waals surface area (Å²) >= 11 is 12.1. The van der Waals surface area contributed by atoms with Crippen molar-refractivity contribution >= 4 is 41.0 Å². The van der Waals surface area contributed by atoms with Gasteiger partial charge in [0.2, 0.25) is 5.95 Å². The van der Waals surface area contributed by atoms with Crippen LogP contribution in [0.15, 0.2) is 48.5 Å². The molecule has 0 radical (unpaired) electrons. The lowest BCUT2D eigenvalue weighted by Crippen LogP contribution is -2.27. The number of anilines is 1. The van der Waals surface area contributed by atoms with Gasteiger partial charge in [0.15, 0.2) is 0 Å². The van der Waals surface area contributed by atoms with Crippen LogP contribution in [0.4, 0.5) is 5.95 Å². The Morgan fingerprint density at radius 1 is 1.10 bits per heavy atom. The Bertz CT molecular complexity index is 1040. The molecule has 9 heteroatoms. The van der Waals surface area contributed by atoms with Gasteiger partial charge >= 0.3 is 5.97 Å². The average Bonchev–Trinajstić information content (AvgIpc) is 3.13. The number of nitrogens with zero attached hydrogens (tertiary/aromatic N) is 2. The molecule has 2 aromatic carbocycles. The Kier molecular flexibility index (Phi) is 6.41. The van der Waals surface area contributed by atoms with Crippen molar-refractivity contribution in [1.82, 2.24) is 9.97 Å². The lowest BCUT2D eigenvalue weighted by atomic mass is 10.1. The van der Waals surface area contributed by atoms with Gasteiger partial charge in [0.05, 0.1) is 16.5 Å². The predicted octanol–water partition coefficient (Wildman–Crippen LogP) is 3.96. The SMILES string of the molecule is NC(=O)c1[nH]c(N(CCC(=O)O)Cc2ccccc2)nc1-c1ccc(Cl)c(Cl)c1. The van der Waals surface area contributed by atoms with Crippen LogP contribution in [0.1, 0.15) is 22.5 Å². The maximum atomic E-state index is 12.0. The minimum Gasteiger partial charge on any atom is -0.481 e. The first kappa shape index (κ1) is 20.7. The second-order valence-electron chi connectivity index (χ2n) is 6.33. The van der Waals surface area contributed by atoms with Crippen molar-refractivity contribution in [1.29, 1.82) is 0 Å². The monoisotopic (exact) mass is 432 g/mol. The van der Waals surface area contributed by atoms with Gasteiger partial charge in [-0.15, -0.1) is 0 Å². The second kappa shape index (κ2) is 8.98. The minimum atomic E-state index is -0.936. The van der Waals surface area contributed by atoms with Crippen LogP contribution in [0.3, 0.4) is 0 Å². The molecule has 7 nitrogen and oxygen atoms in total. The van der Waals surface area contributed by atoms with Crippen LogP contribution in [0.25, 0.3) is 11.3 Å². The van der Waals surface area contributed by atoms with Crippen LogP contribution in [-0.4, -0.2) is 33.5 Å². The van der Waals surface area contributed by atoms with Gasteiger partial charge in [-0.2, -0.15) is 0 Å². The van der Waals surface area contributed by atoms with Crippen LogP contribution >= 0.6 is 23.2 Å². The Balaban J connectivity index is 2.01. The standard InChI is InChI=1S/C20H18Cl2N4O3/c21-14-7-6-13(10-15(14)22)17-18(19(23)29)25-20(24-17)26(9-8-16(27)28)11-12-4-2-1-3-5-12/h1-7,10H,8-9,11H2,(H2,23,29)(H,24,25)(H,27,28). The van der Waals surface area contributed by atoms with Crippen LogP contribution in [0.5, 0.6) is 0 Å². The molecule has 150 valence electrons. The van der Waals surface area contributed by atoms with Crippen molar-refractivity contribution in [2.24, 2.45) is 5.73 Å². The number of H-pyrrole nitrogens is 1. The summed E-state index contributed by atoms with van der Waals surface area (Å²) in [6.07, 6.45) is -0.0957. The molecule has 1 amide bonds. The number of carboxylic acids is 1. The molecule has 0 spiro atoms. The van der Waals surface area contributed by atoms with Gasteiger partial charge in [0.1, 0.15) is 11.4 Å². The Labute approximate surface area is 177 Å². The van der Waals surface area contributed by atoms with E-state index >= 15 is 0 Å². The molecule has 29 heavy (non-hydrogen) atoms. The summed E-state index contributed by atoms with van der Waals surface area (Å²) in [6.45, 7) is 0.595. The lowest BCUT2D eigenvalue weighted by Gasteiger charge is -2.21. The van der Waals surface area contributed by atoms with E-state index in [2.05, 4.69) is 9.97 Å². The molecule has 3 aromatic rings. The number of hydrogen-bond donors (Lipinski definition) is 3. The number of nitrogens with one attached hydrogen (secondary N) is 1. The number of carbonyl (C=O) groups is 2. The molecule has 4 N–H and O–H groups in total. The van der Waals surface area contributed by atoms with E-state index in [-0.39, 0.29) is 18.7 Å². The van der Waals surface area contributed by atoms with E-state index in [9.17, 15) is 9.59 Å². The third-order valence-corrected chi connectivity index (χ3v) is 4.98. The molecule has 0 fully saturated rings. The van der Waals surface area contributed by atoms with Gasteiger partial charge in [0, 0.05) is 18.7 Å². The molecule has 0 saturated carbocycles. The third-order valence-electron chi connectivity index (χ3n) is 4.24. The molecule has 3 rings (SSSR count). The van der Waals surface area contributed by atoms with Crippen molar-refractivity contribution < 1.29 is 14.7 Å². The molecular weight excluding hydrogens is 415 g/mol. The van der Waals surface area contributed by atoms with Crippen LogP contribution < -0.4 is 10.6 Å². The summed E-state index contributed by atoms with van der Waals surface area (Å²) in [7, 11) is 0. The van der Waals surface area contributed by atoms with Gasteiger partial charge in [-0.1, -0.05) is 59.6 Å². The first-order chi connectivity index (χ1) is 13.8. The number of amides is 1. The molecule has 0 atom stereocenters. The number of benzene rings is 2. The fourth-order valence-corrected chi connectivity index (χ4v) is 3.13. The second-order valence-corrected chi connectivity index (χ2v) is 7.14. The van der Waals surface area contributed by atoms with Gasteiger partial charge in [-0.25, -0.2) is 4.98 Å². The predicted molar refractivity (Wildman–Crippen MR) is 112 cm³/mol. The highest BCUT2D eigenvalue weighted by Gasteiger charge is 2.21. The molecule has 0 aliphatic heterocycles. The van der Waals surface area contributed by atoms with E-state index in [4.69, 9.17) is 34.0 Å². The number of imidazole rings is 1. The zero-order valence-electron chi connectivity index (χ0n) is 15.2. The fraction of sp³-hybridized carbons (Fsp3) is 0.150. The number of aromatic nitrogens is 2. The number of nitrogens with two attached hydrogens (primary N) is 1. The summed E-state index contributed by atoms with van der Waals surface area (Å²) in [5.41, 5.74) is 7.48. The van der Waals surface area contributed by atoms with E-state index in [1.54, 1.807) is 23.1 Å². The van der Waals surface area contributed by atoms with Crippen LogP contribution in [0, 0.1) is 0 Å². The molecule has 0 saturated heterocycles. The first-order valence-electron chi connectivity index (χ1n) is 8.71. The fourth-order valence-electron chi connectivity index (χ4n) is 2.84. The normalized spacial score (nSPS) is 10.7. The van der Waals surface area contributed by atoms with Crippen molar-refractivity contribution in [3.8, 4) is 11.3 Å². The van der Waals surface area contributed by atoms with Crippen LogP contribution in [0.2, 0.25) is 10.0 Å². The van der Waals surface area contributed by atoms with E-state index in [1.165, 1.54) is 0 Å². The number of rotatable bonds is 8. The van der Waals surface area contributed by atoms with Crippen LogP contribution in [-0.2, 0) is 11.3 Å². The molecule has 0 unspecified atom stereocenters. The number of carbonyl (C=O) groups excluding carboxylic acids is 1. The number of aromatic amines is 1. The molecule has 0 aliphatic carbocycles. The summed E-state index contributed by atoms with van der Waals surface area (Å²) < 4.78 is 0. The largest absolute Gasteiger partial charge is 0.481 e. The first-order valence-corrected chi connectivity index (χ1v) is 9.46. The molecule has 1 aromatic heterocycles. The number of halogens is 2. The minimum absolute atomic E-state index is 0.0957. The summed E-state index contributed by atoms with van der Waals surface area (Å²) in [4.78, 5) is 32.3. The Hall–Kier alpha value is -3.03. The summed E-state index contributed by atoms with van der Waals surface area (Å²) in [5.74, 6) is -1.29. The quantitative estimate of drug-likeness (QED) is 0.498. The van der Waals surface area contributed by atoms with Crippen molar-refractivity contribution in [3.05, 3.63) is 69.8 Å². The summed E-state index contributed by atoms with van der Waals surface area (Å²) in [5, 5.41) is 9.79. The topological polar surface area (TPSA) is 112 Å². The number of carboxylic acid groups (broad SMARTS) is 1. The van der Waals surface area contributed by atoms with Gasteiger partial charge in [-0.3, -0.25) is 9.59 Å². The number of aliphatic carboxylic acids is 1. The molecule has 0 bridgehead atoms. The molecular formula is C20H18Cl2N4O3.